The molecule has 0 saturated carbocycles. The van der Waals surface area contributed by atoms with Gasteiger partial charge in [0.25, 0.3) is 0 Å². The van der Waals surface area contributed by atoms with Crippen LogP contribution < -0.4 is 5.32 Å². The molecule has 0 spiro atoms. The summed E-state index contributed by atoms with van der Waals surface area (Å²) in [5.74, 6) is 6.31. The van der Waals surface area contributed by atoms with Crippen molar-refractivity contribution in [3.8, 4) is 11.8 Å². The lowest BCUT2D eigenvalue weighted by Crippen LogP contribution is -2.42. The summed E-state index contributed by atoms with van der Waals surface area (Å²) in [4.78, 5) is 18.0. The van der Waals surface area contributed by atoms with Crippen LogP contribution in [0, 0.1) is 11.8 Å². The van der Waals surface area contributed by atoms with Gasteiger partial charge in [0.2, 0.25) is 0 Å². The van der Waals surface area contributed by atoms with Gasteiger partial charge in [-0.2, -0.15) is 0 Å². The normalized spacial score (nSPS) is 14.3. The van der Waals surface area contributed by atoms with E-state index in [-0.39, 0.29) is 6.09 Å². The average Bonchev–Trinajstić information content (AvgIpc) is 2.69. The van der Waals surface area contributed by atoms with Crippen LogP contribution in [0.4, 0.5) is 10.5 Å². The van der Waals surface area contributed by atoms with Crippen molar-refractivity contribution in [2.75, 3.05) is 25.0 Å². The number of hydrogen-bond acceptors (Lipinski definition) is 4. The molecular formula is C21H23N3O2. The van der Waals surface area contributed by atoms with Gasteiger partial charge in [0.1, 0.15) is 5.69 Å². The number of aromatic nitrogens is 1. The molecule has 0 radical (unpaired) electrons. The SMILES string of the molecule is CCOC(=O)N1CCC(Nc2cccnc2C#Cc2ccccc2)CC1. The van der Waals surface area contributed by atoms with Gasteiger partial charge in [0.15, 0.2) is 0 Å². The molecule has 1 aliphatic rings. The third kappa shape index (κ3) is 4.76. The molecule has 1 aromatic heterocycles. The second-order valence-corrected chi connectivity index (χ2v) is 6.12. The number of nitrogens with zero attached hydrogens (tertiary/aromatic N) is 2. The van der Waals surface area contributed by atoms with Crippen molar-refractivity contribution in [2.24, 2.45) is 0 Å². The van der Waals surface area contributed by atoms with Gasteiger partial charge in [-0.25, -0.2) is 9.78 Å². The van der Waals surface area contributed by atoms with E-state index in [2.05, 4.69) is 22.1 Å². The zero-order chi connectivity index (χ0) is 18.2. The van der Waals surface area contributed by atoms with Crippen molar-refractivity contribution in [3.05, 3.63) is 59.9 Å². The molecule has 3 rings (SSSR count). The number of carbonyl (C=O) groups is 1. The maximum absolute atomic E-state index is 11.8. The van der Waals surface area contributed by atoms with Crippen molar-refractivity contribution in [2.45, 2.75) is 25.8 Å². The number of benzene rings is 1. The van der Waals surface area contributed by atoms with E-state index < -0.39 is 0 Å². The molecule has 2 heterocycles. The largest absolute Gasteiger partial charge is 0.450 e. The lowest BCUT2D eigenvalue weighted by molar-refractivity contribution is 0.0983. The number of rotatable bonds is 3. The fourth-order valence-electron chi connectivity index (χ4n) is 2.92. The van der Waals surface area contributed by atoms with Crippen molar-refractivity contribution >= 4 is 11.8 Å². The van der Waals surface area contributed by atoms with Gasteiger partial charge in [-0.15, -0.1) is 0 Å². The highest BCUT2D eigenvalue weighted by atomic mass is 16.6. The van der Waals surface area contributed by atoms with E-state index in [1.165, 1.54) is 0 Å². The van der Waals surface area contributed by atoms with E-state index in [1.54, 1.807) is 11.1 Å². The molecule has 134 valence electrons. The summed E-state index contributed by atoms with van der Waals surface area (Å²) in [5.41, 5.74) is 2.64. The molecule has 1 aromatic carbocycles. The van der Waals surface area contributed by atoms with Crippen LogP contribution >= 0.6 is 0 Å². The lowest BCUT2D eigenvalue weighted by Gasteiger charge is -2.32. The lowest BCUT2D eigenvalue weighted by atomic mass is 10.0. The van der Waals surface area contributed by atoms with E-state index in [0.29, 0.717) is 25.7 Å². The Bertz CT molecular complexity index is 788. The summed E-state index contributed by atoms with van der Waals surface area (Å²) in [6.07, 6.45) is 3.28. The maximum Gasteiger partial charge on any atom is 0.409 e. The van der Waals surface area contributed by atoms with E-state index in [4.69, 9.17) is 4.74 Å². The molecule has 1 saturated heterocycles. The number of ether oxygens (including phenoxy) is 1. The quantitative estimate of drug-likeness (QED) is 0.862. The van der Waals surface area contributed by atoms with Gasteiger partial charge < -0.3 is 15.0 Å². The average molecular weight is 349 g/mol. The fraction of sp³-hybridized carbons (Fsp3) is 0.333. The van der Waals surface area contributed by atoms with Crippen LogP contribution in [0.5, 0.6) is 0 Å². The molecule has 1 amide bonds. The molecule has 0 atom stereocenters. The Kier molecular flexibility index (Phi) is 6.10. The molecule has 2 aromatic rings. The fourth-order valence-corrected chi connectivity index (χ4v) is 2.92. The minimum Gasteiger partial charge on any atom is -0.450 e. The first-order valence-corrected chi connectivity index (χ1v) is 8.96. The Morgan fingerprint density at radius 1 is 1.19 bits per heavy atom. The van der Waals surface area contributed by atoms with Crippen molar-refractivity contribution in [3.63, 3.8) is 0 Å². The number of hydrogen-bond donors (Lipinski definition) is 1. The molecule has 5 nitrogen and oxygen atoms in total. The molecule has 0 aliphatic carbocycles. The van der Waals surface area contributed by atoms with Gasteiger partial charge >= 0.3 is 6.09 Å². The summed E-state index contributed by atoms with van der Waals surface area (Å²) in [7, 11) is 0. The van der Waals surface area contributed by atoms with Crippen molar-refractivity contribution in [1.29, 1.82) is 0 Å². The van der Waals surface area contributed by atoms with Crippen molar-refractivity contribution in [1.82, 2.24) is 9.88 Å². The summed E-state index contributed by atoms with van der Waals surface area (Å²) in [5, 5.41) is 3.53. The van der Waals surface area contributed by atoms with Gasteiger partial charge in [0.05, 0.1) is 12.3 Å². The zero-order valence-electron chi connectivity index (χ0n) is 14.9. The van der Waals surface area contributed by atoms with Crippen LogP contribution in [0.15, 0.2) is 48.7 Å². The van der Waals surface area contributed by atoms with Crippen LogP contribution in [-0.2, 0) is 4.74 Å². The monoisotopic (exact) mass is 349 g/mol. The summed E-state index contributed by atoms with van der Waals surface area (Å²) >= 11 is 0. The Balaban J connectivity index is 1.63. The Labute approximate surface area is 154 Å². The third-order valence-corrected chi connectivity index (χ3v) is 4.29. The van der Waals surface area contributed by atoms with E-state index in [1.807, 2.05) is 49.4 Å². The number of likely N-dealkylation sites (tertiary alicyclic amines) is 1. The predicted octanol–water partition coefficient (Wildman–Crippen LogP) is 3.51. The van der Waals surface area contributed by atoms with Gasteiger partial charge in [0, 0.05) is 30.9 Å². The van der Waals surface area contributed by atoms with E-state index in [9.17, 15) is 4.79 Å². The third-order valence-electron chi connectivity index (χ3n) is 4.29. The smallest absolute Gasteiger partial charge is 0.409 e. The number of amides is 1. The maximum atomic E-state index is 11.8. The molecule has 5 heteroatoms. The number of pyridine rings is 1. The van der Waals surface area contributed by atoms with E-state index in [0.717, 1.165) is 29.8 Å². The first kappa shape index (κ1) is 17.8. The first-order chi connectivity index (χ1) is 12.8. The van der Waals surface area contributed by atoms with Gasteiger partial charge in [-0.3, -0.25) is 0 Å². The topological polar surface area (TPSA) is 54.5 Å². The van der Waals surface area contributed by atoms with Crippen LogP contribution in [0.25, 0.3) is 0 Å². The summed E-state index contributed by atoms with van der Waals surface area (Å²) in [6, 6.07) is 14.1. The molecule has 1 N–H and O–H groups in total. The molecule has 1 aliphatic heterocycles. The van der Waals surface area contributed by atoms with Crippen LogP contribution in [0.3, 0.4) is 0 Å². The standard InChI is InChI=1S/C21H23N3O2/c1-2-26-21(25)24-15-12-18(13-16-24)23-20-9-6-14-22-19(20)11-10-17-7-4-3-5-8-17/h3-9,14,18,23H,2,12-13,15-16H2,1H3. The van der Waals surface area contributed by atoms with Gasteiger partial charge in [-0.05, 0) is 50.0 Å². The Morgan fingerprint density at radius 2 is 1.96 bits per heavy atom. The second kappa shape index (κ2) is 8.91. The summed E-state index contributed by atoms with van der Waals surface area (Å²) in [6.45, 7) is 3.63. The highest BCUT2D eigenvalue weighted by molar-refractivity contribution is 5.67. The number of anilines is 1. The molecule has 1 fully saturated rings. The first-order valence-electron chi connectivity index (χ1n) is 8.96. The van der Waals surface area contributed by atoms with Crippen LogP contribution in [0.2, 0.25) is 0 Å². The van der Waals surface area contributed by atoms with Crippen LogP contribution in [-0.4, -0.2) is 41.7 Å². The molecule has 26 heavy (non-hydrogen) atoms. The zero-order valence-corrected chi connectivity index (χ0v) is 14.9. The Hall–Kier alpha value is -3.00. The van der Waals surface area contributed by atoms with Crippen molar-refractivity contribution < 1.29 is 9.53 Å². The number of piperidine rings is 1. The molecular weight excluding hydrogens is 326 g/mol. The minimum atomic E-state index is -0.221. The Morgan fingerprint density at radius 3 is 2.69 bits per heavy atom. The molecule has 0 bridgehead atoms. The summed E-state index contributed by atoms with van der Waals surface area (Å²) < 4.78 is 5.07. The van der Waals surface area contributed by atoms with Gasteiger partial charge in [-0.1, -0.05) is 24.1 Å². The second-order valence-electron chi connectivity index (χ2n) is 6.12. The molecule has 0 unspecified atom stereocenters. The van der Waals surface area contributed by atoms with E-state index >= 15 is 0 Å². The minimum absolute atomic E-state index is 0.221. The van der Waals surface area contributed by atoms with Crippen LogP contribution in [0.1, 0.15) is 31.0 Å². The number of carbonyl (C=O) groups excluding carboxylic acids is 1. The highest BCUT2D eigenvalue weighted by Crippen LogP contribution is 2.19. The number of nitrogens with one attached hydrogen (secondary N) is 1. The highest BCUT2D eigenvalue weighted by Gasteiger charge is 2.23. The predicted molar refractivity (Wildman–Crippen MR) is 102 cm³/mol.